The predicted molar refractivity (Wildman–Crippen MR) is 122 cm³/mol. The van der Waals surface area contributed by atoms with E-state index in [-0.39, 0.29) is 17.3 Å². The summed E-state index contributed by atoms with van der Waals surface area (Å²) in [4.78, 5) is 36.2. The lowest BCUT2D eigenvalue weighted by molar-refractivity contribution is 0.103. The average Bonchev–Trinajstić information content (AvgIpc) is 3.25. The van der Waals surface area contributed by atoms with E-state index in [4.69, 9.17) is 4.98 Å². The molecule has 0 spiro atoms. The van der Waals surface area contributed by atoms with Gasteiger partial charge in [-0.05, 0) is 37.5 Å². The van der Waals surface area contributed by atoms with Crippen LogP contribution < -0.4 is 10.9 Å². The maximum atomic E-state index is 13.5. The third-order valence-corrected chi connectivity index (χ3v) is 7.40. The Hall–Kier alpha value is -2.91. The number of halogens is 1. The lowest BCUT2D eigenvalue weighted by Crippen LogP contribution is -2.24. The van der Waals surface area contributed by atoms with E-state index in [1.807, 2.05) is 0 Å². The number of anilines is 1. The summed E-state index contributed by atoms with van der Waals surface area (Å²) in [7, 11) is 0. The van der Waals surface area contributed by atoms with E-state index in [9.17, 15) is 14.0 Å². The molecular formula is C22H19FN4O2S2. The zero-order chi connectivity index (χ0) is 21.5. The van der Waals surface area contributed by atoms with Crippen LogP contribution >= 0.6 is 22.7 Å². The summed E-state index contributed by atoms with van der Waals surface area (Å²) in [5.41, 5.74) is 1.83. The first-order valence-electron chi connectivity index (χ1n) is 10.1. The summed E-state index contributed by atoms with van der Waals surface area (Å²) in [5, 5.41) is 5.53. The number of nitrogens with zero attached hydrogens (tertiary/aromatic N) is 3. The number of aromatic nitrogens is 3. The van der Waals surface area contributed by atoms with Gasteiger partial charge in [-0.1, -0.05) is 18.6 Å². The highest BCUT2D eigenvalue weighted by atomic mass is 32.1. The normalized spacial score (nSPS) is 13.7. The molecule has 0 atom stereocenters. The number of hydrogen-bond donors (Lipinski definition) is 1. The van der Waals surface area contributed by atoms with E-state index in [0.717, 1.165) is 31.5 Å². The molecule has 0 saturated heterocycles. The summed E-state index contributed by atoms with van der Waals surface area (Å²) in [5.74, 6) is 0.150. The molecule has 9 heteroatoms. The van der Waals surface area contributed by atoms with Gasteiger partial charge in [0.15, 0.2) is 5.13 Å². The van der Waals surface area contributed by atoms with Crippen LogP contribution in [0.1, 0.15) is 40.3 Å². The first kappa shape index (κ1) is 20.0. The van der Waals surface area contributed by atoms with Crippen LogP contribution in [0.2, 0.25) is 0 Å². The van der Waals surface area contributed by atoms with Gasteiger partial charge in [0.1, 0.15) is 16.5 Å². The lowest BCUT2D eigenvalue weighted by atomic mass is 10.2. The number of hydrogen-bond acceptors (Lipinski definition) is 6. The van der Waals surface area contributed by atoms with Gasteiger partial charge in [-0.25, -0.2) is 14.4 Å². The molecule has 31 heavy (non-hydrogen) atoms. The average molecular weight is 455 g/mol. The van der Waals surface area contributed by atoms with Crippen LogP contribution in [0.5, 0.6) is 0 Å². The standard InChI is InChI=1S/C22H19FN4O2S2/c1-12-17-20(25-16-8-3-2-4-9-27(16)21(17)29)31-18(12)19(28)26-22-24-15(11-30-22)13-6-5-7-14(23)10-13/h5-7,10-11H,2-4,8-9H2,1H3,(H,24,26,28). The van der Waals surface area contributed by atoms with Crippen LogP contribution in [0.4, 0.5) is 9.52 Å². The third kappa shape index (κ3) is 3.68. The smallest absolute Gasteiger partial charge is 0.267 e. The lowest BCUT2D eigenvalue weighted by Gasteiger charge is -2.08. The molecule has 0 saturated carbocycles. The van der Waals surface area contributed by atoms with Crippen molar-refractivity contribution in [3.63, 3.8) is 0 Å². The largest absolute Gasteiger partial charge is 0.297 e. The molecule has 158 valence electrons. The topological polar surface area (TPSA) is 76.9 Å². The van der Waals surface area contributed by atoms with Crippen molar-refractivity contribution < 1.29 is 9.18 Å². The molecule has 1 aliphatic heterocycles. The summed E-state index contributed by atoms with van der Waals surface area (Å²) >= 11 is 2.51. The molecule has 4 aromatic rings. The maximum absolute atomic E-state index is 13.5. The Bertz CT molecular complexity index is 1370. The van der Waals surface area contributed by atoms with Crippen molar-refractivity contribution in [2.24, 2.45) is 0 Å². The second-order valence-electron chi connectivity index (χ2n) is 7.53. The number of carbonyl (C=O) groups excluding carboxylic acids is 1. The number of thiazole rings is 1. The van der Waals surface area contributed by atoms with Crippen LogP contribution in [0, 0.1) is 12.7 Å². The molecule has 4 heterocycles. The highest BCUT2D eigenvalue weighted by molar-refractivity contribution is 7.21. The summed E-state index contributed by atoms with van der Waals surface area (Å²) < 4.78 is 15.2. The second kappa shape index (κ2) is 7.97. The molecule has 0 fully saturated rings. The third-order valence-electron chi connectivity index (χ3n) is 5.46. The summed E-state index contributed by atoms with van der Waals surface area (Å²) in [6.45, 7) is 2.47. The van der Waals surface area contributed by atoms with Crippen molar-refractivity contribution in [3.8, 4) is 11.3 Å². The molecule has 0 bridgehead atoms. The minimum Gasteiger partial charge on any atom is -0.297 e. The fraction of sp³-hybridized carbons (Fsp3) is 0.273. The molecule has 1 aliphatic rings. The zero-order valence-corrected chi connectivity index (χ0v) is 18.4. The molecule has 6 nitrogen and oxygen atoms in total. The molecule has 0 unspecified atom stereocenters. The van der Waals surface area contributed by atoms with Crippen molar-refractivity contribution in [2.45, 2.75) is 39.2 Å². The van der Waals surface area contributed by atoms with Gasteiger partial charge >= 0.3 is 0 Å². The number of amides is 1. The Morgan fingerprint density at radius 1 is 1.23 bits per heavy atom. The van der Waals surface area contributed by atoms with Gasteiger partial charge in [0.05, 0.1) is 16.0 Å². The van der Waals surface area contributed by atoms with Crippen molar-refractivity contribution in [2.75, 3.05) is 5.32 Å². The first-order valence-corrected chi connectivity index (χ1v) is 11.8. The molecule has 1 aromatic carbocycles. The Morgan fingerprint density at radius 3 is 2.94 bits per heavy atom. The monoisotopic (exact) mass is 454 g/mol. The number of benzene rings is 1. The number of rotatable bonds is 3. The van der Waals surface area contributed by atoms with Gasteiger partial charge in [0.2, 0.25) is 0 Å². The molecular weight excluding hydrogens is 435 g/mol. The van der Waals surface area contributed by atoms with Crippen molar-refractivity contribution in [1.82, 2.24) is 14.5 Å². The molecule has 3 aromatic heterocycles. The van der Waals surface area contributed by atoms with Crippen molar-refractivity contribution in [3.05, 3.63) is 62.1 Å². The molecule has 5 rings (SSSR count). The second-order valence-corrected chi connectivity index (χ2v) is 9.39. The van der Waals surface area contributed by atoms with Gasteiger partial charge in [0.25, 0.3) is 11.5 Å². The fourth-order valence-electron chi connectivity index (χ4n) is 3.89. The van der Waals surface area contributed by atoms with E-state index < -0.39 is 0 Å². The van der Waals surface area contributed by atoms with Crippen molar-refractivity contribution >= 4 is 43.9 Å². The minimum absolute atomic E-state index is 0.0580. The Labute approximate surface area is 185 Å². The van der Waals surface area contributed by atoms with Crippen LogP contribution in [-0.4, -0.2) is 20.4 Å². The molecule has 0 radical (unpaired) electrons. The van der Waals surface area contributed by atoms with E-state index in [0.29, 0.717) is 43.6 Å². The van der Waals surface area contributed by atoms with E-state index in [1.165, 1.54) is 34.8 Å². The van der Waals surface area contributed by atoms with Crippen LogP contribution in [0.3, 0.4) is 0 Å². The summed E-state index contributed by atoms with van der Waals surface area (Å²) in [6, 6.07) is 6.16. The van der Waals surface area contributed by atoms with Crippen molar-refractivity contribution in [1.29, 1.82) is 0 Å². The Balaban J connectivity index is 1.46. The highest BCUT2D eigenvalue weighted by Gasteiger charge is 2.23. The quantitative estimate of drug-likeness (QED) is 0.472. The number of thiophene rings is 1. The number of fused-ring (bicyclic) bond motifs is 2. The number of carbonyl (C=O) groups is 1. The zero-order valence-electron chi connectivity index (χ0n) is 16.8. The van der Waals surface area contributed by atoms with Gasteiger partial charge in [0, 0.05) is 23.9 Å². The van der Waals surface area contributed by atoms with E-state index >= 15 is 0 Å². The van der Waals surface area contributed by atoms with Gasteiger partial charge < -0.3 is 0 Å². The molecule has 1 amide bonds. The van der Waals surface area contributed by atoms with Crippen LogP contribution in [0.25, 0.3) is 21.5 Å². The van der Waals surface area contributed by atoms with Crippen LogP contribution in [0.15, 0.2) is 34.4 Å². The fourth-order valence-corrected chi connectivity index (χ4v) is 5.69. The van der Waals surface area contributed by atoms with Gasteiger partial charge in [-0.15, -0.1) is 22.7 Å². The van der Waals surface area contributed by atoms with E-state index in [2.05, 4.69) is 10.3 Å². The molecule has 1 N–H and O–H groups in total. The van der Waals surface area contributed by atoms with Gasteiger partial charge in [-0.3, -0.25) is 19.5 Å². The minimum atomic E-state index is -0.339. The SMILES string of the molecule is Cc1c(C(=O)Nc2nc(-c3cccc(F)c3)cs2)sc2nc3n(c(=O)c12)CCCCC3. The Kier molecular flexibility index (Phi) is 5.15. The molecule has 0 aliphatic carbocycles. The summed E-state index contributed by atoms with van der Waals surface area (Å²) in [6.07, 6.45) is 3.86. The Morgan fingerprint density at radius 2 is 2.10 bits per heavy atom. The van der Waals surface area contributed by atoms with Crippen LogP contribution in [-0.2, 0) is 13.0 Å². The van der Waals surface area contributed by atoms with E-state index in [1.54, 1.807) is 29.0 Å². The number of nitrogens with one attached hydrogen (secondary N) is 1. The highest BCUT2D eigenvalue weighted by Crippen LogP contribution is 2.30. The number of aryl methyl sites for hydroxylation is 2. The maximum Gasteiger partial charge on any atom is 0.267 e. The predicted octanol–water partition coefficient (Wildman–Crippen LogP) is 5.01. The first-order chi connectivity index (χ1) is 15.0. The van der Waals surface area contributed by atoms with Gasteiger partial charge in [-0.2, -0.15) is 0 Å².